The van der Waals surface area contributed by atoms with Crippen LogP contribution in [0.25, 0.3) is 0 Å². The van der Waals surface area contributed by atoms with E-state index < -0.39 is 5.60 Å². The Morgan fingerprint density at radius 3 is 2.85 bits per heavy atom. The van der Waals surface area contributed by atoms with Crippen LogP contribution < -0.4 is 5.32 Å². The topological polar surface area (TPSA) is 58.6 Å². The fraction of sp³-hybridized carbons (Fsp3) is 0.562. The summed E-state index contributed by atoms with van der Waals surface area (Å²) in [6, 6.07) is 6.09. The predicted octanol–water partition coefficient (Wildman–Crippen LogP) is 2.56. The molecular formula is C16H23NO3. The molecule has 110 valence electrons. The minimum Gasteiger partial charge on any atom is -0.444 e. The number of carbonyl (C=O) groups is 1. The highest BCUT2D eigenvalue weighted by molar-refractivity contribution is 5.68. The average Bonchev–Trinajstić information content (AvgIpc) is 2.35. The molecule has 20 heavy (non-hydrogen) atoms. The van der Waals surface area contributed by atoms with Crippen LogP contribution in [-0.2, 0) is 24.2 Å². The number of benzene rings is 1. The number of amides is 1. The van der Waals surface area contributed by atoms with Crippen LogP contribution in [0, 0.1) is 0 Å². The zero-order chi connectivity index (χ0) is 14.8. The third-order valence-electron chi connectivity index (χ3n) is 3.47. The Kier molecular flexibility index (Phi) is 4.33. The van der Waals surface area contributed by atoms with Gasteiger partial charge in [-0.25, -0.2) is 4.79 Å². The molecule has 1 amide bonds. The van der Waals surface area contributed by atoms with Gasteiger partial charge in [0.2, 0.25) is 0 Å². The summed E-state index contributed by atoms with van der Waals surface area (Å²) in [7, 11) is 0. The fourth-order valence-electron chi connectivity index (χ4n) is 2.61. The van der Waals surface area contributed by atoms with Crippen molar-refractivity contribution in [2.45, 2.75) is 58.3 Å². The lowest BCUT2D eigenvalue weighted by atomic mass is 9.85. The smallest absolute Gasteiger partial charge is 0.407 e. The Morgan fingerprint density at radius 1 is 1.45 bits per heavy atom. The van der Waals surface area contributed by atoms with Crippen LogP contribution in [0.2, 0.25) is 0 Å². The summed E-state index contributed by atoms with van der Waals surface area (Å²) in [5.74, 6) is 0. The van der Waals surface area contributed by atoms with Gasteiger partial charge in [-0.2, -0.15) is 0 Å². The van der Waals surface area contributed by atoms with Gasteiger partial charge in [-0.15, -0.1) is 0 Å². The van der Waals surface area contributed by atoms with E-state index >= 15 is 0 Å². The molecule has 0 heterocycles. The SMILES string of the molecule is CC(C)(C)OC(=O)N[C@H]1CCc2cccc(CO)c2C1. The van der Waals surface area contributed by atoms with Crippen LogP contribution in [0.5, 0.6) is 0 Å². The highest BCUT2D eigenvalue weighted by atomic mass is 16.6. The predicted molar refractivity (Wildman–Crippen MR) is 77.5 cm³/mol. The Hall–Kier alpha value is -1.55. The normalized spacial score (nSPS) is 18.3. The monoisotopic (exact) mass is 277 g/mol. The Balaban J connectivity index is 2.02. The van der Waals surface area contributed by atoms with Gasteiger partial charge in [-0.05, 0) is 56.7 Å². The van der Waals surface area contributed by atoms with E-state index in [-0.39, 0.29) is 18.7 Å². The molecule has 1 atom stereocenters. The third kappa shape index (κ3) is 3.73. The number of rotatable bonds is 2. The molecule has 0 spiro atoms. The van der Waals surface area contributed by atoms with Gasteiger partial charge >= 0.3 is 6.09 Å². The maximum absolute atomic E-state index is 11.8. The number of carbonyl (C=O) groups excluding carboxylic acids is 1. The molecule has 0 aromatic heterocycles. The first-order valence-corrected chi connectivity index (χ1v) is 7.09. The van der Waals surface area contributed by atoms with Crippen molar-refractivity contribution in [3.05, 3.63) is 34.9 Å². The van der Waals surface area contributed by atoms with Crippen LogP contribution >= 0.6 is 0 Å². The summed E-state index contributed by atoms with van der Waals surface area (Å²) < 4.78 is 5.29. The van der Waals surface area contributed by atoms with Gasteiger partial charge in [0.1, 0.15) is 5.60 Å². The second kappa shape index (κ2) is 5.83. The summed E-state index contributed by atoms with van der Waals surface area (Å²) in [5.41, 5.74) is 2.92. The first kappa shape index (κ1) is 14.9. The number of fused-ring (bicyclic) bond motifs is 1. The molecule has 4 heteroatoms. The molecule has 0 fully saturated rings. The van der Waals surface area contributed by atoms with E-state index in [1.165, 1.54) is 11.1 Å². The highest BCUT2D eigenvalue weighted by Crippen LogP contribution is 2.25. The Bertz CT molecular complexity index is 477. The minimum absolute atomic E-state index is 0.0440. The second-order valence-corrected chi connectivity index (χ2v) is 6.30. The number of hydrogen-bond acceptors (Lipinski definition) is 3. The zero-order valence-corrected chi connectivity index (χ0v) is 12.4. The number of hydrogen-bond donors (Lipinski definition) is 2. The van der Waals surface area contributed by atoms with Crippen LogP contribution in [0.1, 0.15) is 43.9 Å². The van der Waals surface area contributed by atoms with Crippen molar-refractivity contribution in [2.24, 2.45) is 0 Å². The van der Waals surface area contributed by atoms with E-state index in [2.05, 4.69) is 11.4 Å². The first-order valence-electron chi connectivity index (χ1n) is 7.09. The van der Waals surface area contributed by atoms with E-state index in [0.717, 1.165) is 24.8 Å². The number of aryl methyl sites for hydroxylation is 1. The fourth-order valence-corrected chi connectivity index (χ4v) is 2.61. The molecule has 0 saturated heterocycles. The molecule has 1 aromatic rings. The second-order valence-electron chi connectivity index (χ2n) is 6.30. The van der Waals surface area contributed by atoms with Gasteiger partial charge in [0.15, 0.2) is 0 Å². The standard InChI is InChI=1S/C16H23NO3/c1-16(2,3)20-15(19)17-13-8-7-11-5-4-6-12(10-18)14(11)9-13/h4-6,13,18H,7-10H2,1-3H3,(H,17,19)/t13-/m0/s1. The summed E-state index contributed by atoms with van der Waals surface area (Å²) >= 11 is 0. The van der Waals surface area contributed by atoms with Crippen molar-refractivity contribution in [3.8, 4) is 0 Å². The highest BCUT2D eigenvalue weighted by Gasteiger charge is 2.24. The lowest BCUT2D eigenvalue weighted by Crippen LogP contribution is -2.42. The molecule has 1 aliphatic carbocycles. The van der Waals surface area contributed by atoms with E-state index in [4.69, 9.17) is 4.74 Å². The zero-order valence-electron chi connectivity index (χ0n) is 12.4. The number of ether oxygens (including phenoxy) is 1. The van der Waals surface area contributed by atoms with Crippen molar-refractivity contribution in [2.75, 3.05) is 0 Å². The summed E-state index contributed by atoms with van der Waals surface area (Å²) in [6.45, 7) is 5.61. The van der Waals surface area contributed by atoms with Gasteiger partial charge < -0.3 is 15.2 Å². The molecule has 0 aliphatic heterocycles. The van der Waals surface area contributed by atoms with Crippen LogP contribution in [-0.4, -0.2) is 22.8 Å². The lowest BCUT2D eigenvalue weighted by molar-refractivity contribution is 0.0500. The minimum atomic E-state index is -0.479. The number of aliphatic hydroxyl groups is 1. The van der Waals surface area contributed by atoms with Crippen molar-refractivity contribution in [1.29, 1.82) is 0 Å². The first-order chi connectivity index (χ1) is 9.39. The number of nitrogens with one attached hydrogen (secondary N) is 1. The van der Waals surface area contributed by atoms with Gasteiger partial charge in [0, 0.05) is 6.04 Å². The van der Waals surface area contributed by atoms with Crippen LogP contribution in [0.3, 0.4) is 0 Å². The number of alkyl carbamates (subject to hydrolysis) is 1. The van der Waals surface area contributed by atoms with E-state index in [9.17, 15) is 9.90 Å². The van der Waals surface area contributed by atoms with Crippen LogP contribution in [0.15, 0.2) is 18.2 Å². The molecule has 0 bridgehead atoms. The Morgan fingerprint density at radius 2 is 2.20 bits per heavy atom. The van der Waals surface area contributed by atoms with E-state index in [1.807, 2.05) is 32.9 Å². The maximum Gasteiger partial charge on any atom is 0.407 e. The maximum atomic E-state index is 11.8. The van der Waals surface area contributed by atoms with Crippen molar-refractivity contribution in [3.63, 3.8) is 0 Å². The van der Waals surface area contributed by atoms with E-state index in [0.29, 0.717) is 0 Å². The Labute approximate surface area is 120 Å². The summed E-state index contributed by atoms with van der Waals surface area (Å²) in [4.78, 5) is 11.8. The van der Waals surface area contributed by atoms with Crippen molar-refractivity contribution < 1.29 is 14.6 Å². The van der Waals surface area contributed by atoms with Gasteiger partial charge in [0.25, 0.3) is 0 Å². The quantitative estimate of drug-likeness (QED) is 0.873. The van der Waals surface area contributed by atoms with Gasteiger partial charge in [0.05, 0.1) is 6.61 Å². The molecule has 1 aromatic carbocycles. The largest absolute Gasteiger partial charge is 0.444 e. The molecule has 1 aliphatic rings. The van der Waals surface area contributed by atoms with E-state index in [1.54, 1.807) is 0 Å². The molecule has 0 radical (unpaired) electrons. The van der Waals surface area contributed by atoms with Gasteiger partial charge in [-0.3, -0.25) is 0 Å². The molecule has 4 nitrogen and oxygen atoms in total. The molecule has 0 unspecified atom stereocenters. The lowest BCUT2D eigenvalue weighted by Gasteiger charge is -2.28. The molecule has 0 saturated carbocycles. The molecule has 2 N–H and O–H groups in total. The van der Waals surface area contributed by atoms with Crippen LogP contribution in [0.4, 0.5) is 4.79 Å². The molecule has 2 rings (SSSR count). The summed E-state index contributed by atoms with van der Waals surface area (Å²) in [5, 5.41) is 12.3. The van der Waals surface area contributed by atoms with Crippen molar-refractivity contribution >= 4 is 6.09 Å². The number of aliphatic hydroxyl groups excluding tert-OH is 1. The summed E-state index contributed by atoms with van der Waals surface area (Å²) in [6.07, 6.45) is 2.21. The molecular weight excluding hydrogens is 254 g/mol. The average molecular weight is 277 g/mol. The van der Waals surface area contributed by atoms with Gasteiger partial charge in [-0.1, -0.05) is 18.2 Å². The van der Waals surface area contributed by atoms with Crippen molar-refractivity contribution in [1.82, 2.24) is 5.32 Å². The third-order valence-corrected chi connectivity index (χ3v) is 3.47.